The Kier molecular flexibility index (Phi) is 3.56. The molecule has 2 bridgehead atoms. The first kappa shape index (κ1) is 14.6. The lowest BCUT2D eigenvalue weighted by molar-refractivity contribution is -0.137. The summed E-state index contributed by atoms with van der Waals surface area (Å²) in [5, 5.41) is 3.44. The summed E-state index contributed by atoms with van der Waals surface area (Å²) in [6, 6.07) is 4.15. The molecule has 0 aliphatic carbocycles. The molecule has 0 aromatic heterocycles. The summed E-state index contributed by atoms with van der Waals surface area (Å²) in [6.45, 7) is 1.70. The van der Waals surface area contributed by atoms with Crippen LogP contribution in [-0.2, 0) is 6.18 Å². The van der Waals surface area contributed by atoms with E-state index in [9.17, 15) is 18.0 Å². The predicted octanol–water partition coefficient (Wildman–Crippen LogP) is 3.73. The molecule has 0 spiro atoms. The molecule has 3 rings (SSSR count). The SMILES string of the molecule is Cc1ccc(C(F)(F)F)cc1C(=O)C1CC2CCC(C1)N2. The van der Waals surface area contributed by atoms with Gasteiger partial charge in [-0.05, 0) is 50.3 Å². The van der Waals surface area contributed by atoms with Crippen LogP contribution in [0.1, 0.15) is 47.2 Å². The maximum absolute atomic E-state index is 12.8. The van der Waals surface area contributed by atoms with Crippen molar-refractivity contribution in [2.24, 2.45) is 5.92 Å². The number of halogens is 3. The third-order valence-corrected chi connectivity index (χ3v) is 4.67. The highest BCUT2D eigenvalue weighted by molar-refractivity contribution is 5.99. The Morgan fingerprint density at radius 3 is 2.38 bits per heavy atom. The van der Waals surface area contributed by atoms with Crippen LogP contribution in [-0.4, -0.2) is 17.9 Å². The molecule has 1 N–H and O–H groups in total. The van der Waals surface area contributed by atoms with Crippen molar-refractivity contribution in [1.82, 2.24) is 5.32 Å². The van der Waals surface area contributed by atoms with Crippen LogP contribution < -0.4 is 5.32 Å². The average Bonchev–Trinajstić information content (AvgIpc) is 2.76. The van der Waals surface area contributed by atoms with Gasteiger partial charge in [0.05, 0.1) is 5.56 Å². The Morgan fingerprint density at radius 2 is 1.81 bits per heavy atom. The van der Waals surface area contributed by atoms with E-state index in [2.05, 4.69) is 5.32 Å². The fraction of sp³-hybridized carbons (Fsp3) is 0.562. The van der Waals surface area contributed by atoms with Crippen LogP contribution in [0.3, 0.4) is 0 Å². The van der Waals surface area contributed by atoms with Crippen molar-refractivity contribution in [1.29, 1.82) is 0 Å². The van der Waals surface area contributed by atoms with Crippen molar-refractivity contribution in [2.45, 2.75) is 50.9 Å². The van der Waals surface area contributed by atoms with Crippen molar-refractivity contribution in [3.05, 3.63) is 34.9 Å². The number of fused-ring (bicyclic) bond motifs is 2. The number of carbonyl (C=O) groups is 1. The molecule has 1 aromatic rings. The molecule has 2 unspecified atom stereocenters. The number of hydrogen-bond donors (Lipinski definition) is 1. The van der Waals surface area contributed by atoms with Gasteiger partial charge in [0.25, 0.3) is 0 Å². The second-order valence-corrected chi connectivity index (χ2v) is 6.20. The van der Waals surface area contributed by atoms with E-state index in [0.29, 0.717) is 17.6 Å². The van der Waals surface area contributed by atoms with Gasteiger partial charge in [-0.2, -0.15) is 13.2 Å². The van der Waals surface area contributed by atoms with E-state index < -0.39 is 11.7 Å². The zero-order valence-corrected chi connectivity index (χ0v) is 11.8. The van der Waals surface area contributed by atoms with E-state index >= 15 is 0 Å². The summed E-state index contributed by atoms with van der Waals surface area (Å²) in [7, 11) is 0. The van der Waals surface area contributed by atoms with Crippen LogP contribution in [0.4, 0.5) is 13.2 Å². The molecular formula is C16H18F3NO. The number of alkyl halides is 3. The van der Waals surface area contributed by atoms with Gasteiger partial charge in [-0.3, -0.25) is 4.79 Å². The fourth-order valence-corrected chi connectivity index (χ4v) is 3.56. The summed E-state index contributed by atoms with van der Waals surface area (Å²) in [5.74, 6) is -0.275. The highest BCUT2D eigenvalue weighted by Crippen LogP contribution is 2.35. The van der Waals surface area contributed by atoms with Gasteiger partial charge in [-0.1, -0.05) is 6.07 Å². The average molecular weight is 297 g/mol. The standard InChI is InChI=1S/C16H18F3NO/c1-9-2-3-11(16(17,18)19)8-14(9)15(21)10-6-12-4-5-13(7-10)20-12/h2-3,8,10,12-13,20H,4-7H2,1H3. The summed E-state index contributed by atoms with van der Waals surface area (Å²) < 4.78 is 38.5. The molecule has 2 fully saturated rings. The topological polar surface area (TPSA) is 29.1 Å². The molecular weight excluding hydrogens is 279 g/mol. The first-order valence-corrected chi connectivity index (χ1v) is 7.32. The minimum absolute atomic E-state index is 0.128. The van der Waals surface area contributed by atoms with Crippen LogP contribution in [0, 0.1) is 12.8 Å². The van der Waals surface area contributed by atoms with Crippen molar-refractivity contribution in [3.63, 3.8) is 0 Å². The van der Waals surface area contributed by atoms with E-state index in [1.807, 2.05) is 0 Å². The highest BCUT2D eigenvalue weighted by Gasteiger charge is 2.38. The third-order valence-electron chi connectivity index (χ3n) is 4.67. The number of Topliss-reactive ketones (excluding diaryl/α,β-unsaturated/α-hetero) is 1. The van der Waals surface area contributed by atoms with Crippen LogP contribution in [0.25, 0.3) is 0 Å². The number of piperidine rings is 1. The zero-order valence-electron chi connectivity index (χ0n) is 11.8. The number of rotatable bonds is 2. The fourth-order valence-electron chi connectivity index (χ4n) is 3.56. The van der Waals surface area contributed by atoms with Crippen LogP contribution in [0.2, 0.25) is 0 Å². The van der Waals surface area contributed by atoms with E-state index in [1.54, 1.807) is 6.92 Å². The van der Waals surface area contributed by atoms with Crippen LogP contribution in [0.15, 0.2) is 18.2 Å². The Hall–Kier alpha value is -1.36. The molecule has 114 valence electrons. The molecule has 0 saturated carbocycles. The molecule has 2 heterocycles. The van der Waals surface area contributed by atoms with Gasteiger partial charge in [0.2, 0.25) is 0 Å². The molecule has 2 saturated heterocycles. The Labute approximate surface area is 121 Å². The smallest absolute Gasteiger partial charge is 0.311 e. The van der Waals surface area contributed by atoms with Crippen molar-refractivity contribution in [3.8, 4) is 0 Å². The number of hydrogen-bond acceptors (Lipinski definition) is 2. The van der Waals surface area contributed by atoms with Crippen molar-refractivity contribution < 1.29 is 18.0 Å². The summed E-state index contributed by atoms with van der Waals surface area (Å²) in [6.07, 6.45) is -0.794. The molecule has 0 radical (unpaired) electrons. The van der Waals surface area contributed by atoms with Gasteiger partial charge >= 0.3 is 6.18 Å². The molecule has 2 atom stereocenters. The second-order valence-electron chi connectivity index (χ2n) is 6.20. The first-order valence-electron chi connectivity index (χ1n) is 7.32. The molecule has 5 heteroatoms. The van der Waals surface area contributed by atoms with E-state index in [0.717, 1.165) is 37.8 Å². The zero-order chi connectivity index (χ0) is 15.2. The summed E-state index contributed by atoms with van der Waals surface area (Å²) in [5.41, 5.74) is 0.114. The van der Waals surface area contributed by atoms with Gasteiger partial charge in [-0.25, -0.2) is 0 Å². The van der Waals surface area contributed by atoms with Crippen molar-refractivity contribution in [2.75, 3.05) is 0 Å². The molecule has 2 aliphatic rings. The van der Waals surface area contributed by atoms with Gasteiger partial charge in [0.15, 0.2) is 5.78 Å². The monoisotopic (exact) mass is 297 g/mol. The van der Waals surface area contributed by atoms with Gasteiger partial charge < -0.3 is 5.32 Å². The highest BCUT2D eigenvalue weighted by atomic mass is 19.4. The molecule has 2 nitrogen and oxygen atoms in total. The largest absolute Gasteiger partial charge is 0.416 e. The third kappa shape index (κ3) is 2.84. The number of ketones is 1. The van der Waals surface area contributed by atoms with E-state index in [1.165, 1.54) is 6.07 Å². The Morgan fingerprint density at radius 1 is 1.19 bits per heavy atom. The van der Waals surface area contributed by atoms with Crippen molar-refractivity contribution >= 4 is 5.78 Å². The number of carbonyl (C=O) groups excluding carboxylic acids is 1. The number of benzene rings is 1. The Balaban J connectivity index is 1.87. The first-order chi connectivity index (χ1) is 9.84. The quantitative estimate of drug-likeness (QED) is 0.843. The van der Waals surface area contributed by atoms with Gasteiger partial charge in [-0.15, -0.1) is 0 Å². The summed E-state index contributed by atoms with van der Waals surface area (Å²) >= 11 is 0. The Bertz CT molecular complexity index is 555. The molecule has 1 aromatic carbocycles. The van der Waals surface area contributed by atoms with E-state index in [-0.39, 0.29) is 17.3 Å². The van der Waals surface area contributed by atoms with Crippen LogP contribution in [0.5, 0.6) is 0 Å². The normalized spacial score (nSPS) is 28.7. The maximum Gasteiger partial charge on any atom is 0.416 e. The second kappa shape index (κ2) is 5.13. The van der Waals surface area contributed by atoms with Gasteiger partial charge in [0.1, 0.15) is 0 Å². The number of nitrogens with one attached hydrogen (secondary N) is 1. The van der Waals surface area contributed by atoms with Gasteiger partial charge in [0, 0.05) is 23.6 Å². The van der Waals surface area contributed by atoms with E-state index in [4.69, 9.17) is 0 Å². The number of aryl methyl sites for hydroxylation is 1. The maximum atomic E-state index is 12.8. The minimum atomic E-state index is -4.41. The molecule has 21 heavy (non-hydrogen) atoms. The van der Waals surface area contributed by atoms with Crippen LogP contribution >= 0.6 is 0 Å². The minimum Gasteiger partial charge on any atom is -0.311 e. The lowest BCUT2D eigenvalue weighted by Gasteiger charge is -2.28. The summed E-state index contributed by atoms with van der Waals surface area (Å²) in [4.78, 5) is 12.6. The predicted molar refractivity (Wildman–Crippen MR) is 73.2 cm³/mol. The molecule has 2 aliphatic heterocycles. The lowest BCUT2D eigenvalue weighted by Crippen LogP contribution is -2.40. The molecule has 0 amide bonds. The lowest BCUT2D eigenvalue weighted by atomic mass is 9.84.